The molecule has 25 heavy (non-hydrogen) atoms. The van der Waals surface area contributed by atoms with Gasteiger partial charge in [-0.05, 0) is 57.2 Å². The molecule has 0 radical (unpaired) electrons. The van der Waals surface area contributed by atoms with Gasteiger partial charge in [0.25, 0.3) is 0 Å². The van der Waals surface area contributed by atoms with Crippen LogP contribution in [0, 0.1) is 5.92 Å². The number of hydrogen-bond acceptors (Lipinski definition) is 5. The number of aromatic hydroxyl groups is 1. The van der Waals surface area contributed by atoms with E-state index in [0.717, 1.165) is 18.4 Å². The number of likely N-dealkylation sites (tertiary alicyclic amines) is 1. The van der Waals surface area contributed by atoms with Crippen molar-refractivity contribution in [1.29, 1.82) is 0 Å². The van der Waals surface area contributed by atoms with Gasteiger partial charge in [0.2, 0.25) is 0 Å². The summed E-state index contributed by atoms with van der Waals surface area (Å²) in [5.74, 6) is 0.0896. The summed E-state index contributed by atoms with van der Waals surface area (Å²) in [6.45, 7) is 7.14. The highest BCUT2D eigenvalue weighted by atomic mass is 16.6. The van der Waals surface area contributed by atoms with Crippen molar-refractivity contribution in [1.82, 2.24) is 4.90 Å². The van der Waals surface area contributed by atoms with E-state index in [1.54, 1.807) is 29.2 Å². The van der Waals surface area contributed by atoms with Crippen molar-refractivity contribution >= 4 is 12.1 Å². The predicted molar refractivity (Wildman–Crippen MR) is 93.3 cm³/mol. The third-order valence-electron chi connectivity index (χ3n) is 4.01. The van der Waals surface area contributed by atoms with E-state index in [1.807, 2.05) is 20.8 Å². The highest BCUT2D eigenvalue weighted by Crippen LogP contribution is 2.20. The minimum atomic E-state index is -0.491. The Labute approximate surface area is 148 Å². The summed E-state index contributed by atoms with van der Waals surface area (Å²) in [7, 11) is 0. The van der Waals surface area contributed by atoms with Crippen LogP contribution in [-0.2, 0) is 20.7 Å². The van der Waals surface area contributed by atoms with Gasteiger partial charge in [-0.3, -0.25) is 4.79 Å². The molecule has 1 aliphatic heterocycles. The fourth-order valence-corrected chi connectivity index (χ4v) is 2.70. The second-order valence-corrected chi connectivity index (χ2v) is 7.44. The van der Waals surface area contributed by atoms with Crippen molar-refractivity contribution in [3.63, 3.8) is 0 Å². The number of benzene rings is 1. The molecule has 0 bridgehead atoms. The van der Waals surface area contributed by atoms with Crippen LogP contribution in [0.3, 0.4) is 0 Å². The van der Waals surface area contributed by atoms with E-state index in [9.17, 15) is 14.7 Å². The van der Waals surface area contributed by atoms with Gasteiger partial charge in [-0.1, -0.05) is 12.1 Å². The van der Waals surface area contributed by atoms with Gasteiger partial charge in [-0.25, -0.2) is 4.79 Å². The fourth-order valence-electron chi connectivity index (χ4n) is 2.70. The summed E-state index contributed by atoms with van der Waals surface area (Å²) in [6.07, 6.45) is 1.44. The lowest BCUT2D eigenvalue weighted by molar-refractivity contribution is -0.144. The Bertz CT molecular complexity index is 600. The number of esters is 1. The van der Waals surface area contributed by atoms with E-state index in [-0.39, 0.29) is 30.2 Å². The first-order valence-electron chi connectivity index (χ1n) is 8.64. The topological polar surface area (TPSA) is 76.1 Å². The third-order valence-corrected chi connectivity index (χ3v) is 4.01. The summed E-state index contributed by atoms with van der Waals surface area (Å²) >= 11 is 0. The smallest absolute Gasteiger partial charge is 0.410 e. The Morgan fingerprint density at radius 2 is 1.92 bits per heavy atom. The molecule has 138 valence electrons. The molecule has 1 amide bonds. The lowest BCUT2D eigenvalue weighted by atomic mass is 9.98. The molecule has 1 heterocycles. The monoisotopic (exact) mass is 349 g/mol. The van der Waals surface area contributed by atoms with Crippen LogP contribution in [0.15, 0.2) is 24.3 Å². The van der Waals surface area contributed by atoms with Gasteiger partial charge in [0.1, 0.15) is 11.4 Å². The highest BCUT2D eigenvalue weighted by Gasteiger charge is 2.27. The molecule has 1 fully saturated rings. The van der Waals surface area contributed by atoms with Gasteiger partial charge in [-0.15, -0.1) is 0 Å². The highest BCUT2D eigenvalue weighted by molar-refractivity contribution is 5.72. The van der Waals surface area contributed by atoms with E-state index in [1.165, 1.54) is 0 Å². The van der Waals surface area contributed by atoms with Gasteiger partial charge in [-0.2, -0.15) is 0 Å². The molecule has 2 rings (SSSR count). The summed E-state index contributed by atoms with van der Waals surface area (Å²) < 4.78 is 10.7. The molecule has 1 saturated heterocycles. The molecule has 0 atom stereocenters. The second-order valence-electron chi connectivity index (χ2n) is 7.44. The first-order valence-corrected chi connectivity index (χ1v) is 8.64. The Hall–Kier alpha value is -2.24. The average Bonchev–Trinajstić information content (AvgIpc) is 2.52. The number of carbonyl (C=O) groups excluding carboxylic acids is 2. The SMILES string of the molecule is CC(C)(C)OC(=O)N1CCC(COC(=O)Cc2cccc(O)c2)CC1. The number of hydrogen-bond donors (Lipinski definition) is 1. The molecule has 0 aliphatic carbocycles. The van der Waals surface area contributed by atoms with E-state index < -0.39 is 5.60 Å². The van der Waals surface area contributed by atoms with Gasteiger partial charge in [0, 0.05) is 13.1 Å². The molecule has 0 spiro atoms. The van der Waals surface area contributed by atoms with E-state index in [0.29, 0.717) is 19.7 Å². The van der Waals surface area contributed by atoms with Crippen molar-refractivity contribution in [2.75, 3.05) is 19.7 Å². The van der Waals surface area contributed by atoms with Crippen molar-refractivity contribution in [2.24, 2.45) is 5.92 Å². The van der Waals surface area contributed by atoms with E-state index >= 15 is 0 Å². The Balaban J connectivity index is 1.70. The fraction of sp³-hybridized carbons (Fsp3) is 0.579. The summed E-state index contributed by atoms with van der Waals surface area (Å²) in [4.78, 5) is 25.6. The van der Waals surface area contributed by atoms with Crippen LogP contribution in [0.25, 0.3) is 0 Å². The zero-order chi connectivity index (χ0) is 18.4. The Morgan fingerprint density at radius 3 is 2.52 bits per heavy atom. The molecule has 0 saturated carbocycles. The van der Waals surface area contributed by atoms with Crippen LogP contribution in [0.2, 0.25) is 0 Å². The quantitative estimate of drug-likeness (QED) is 0.845. The summed E-state index contributed by atoms with van der Waals surface area (Å²) in [5.41, 5.74) is 0.236. The maximum Gasteiger partial charge on any atom is 0.410 e. The second kappa shape index (κ2) is 8.23. The third kappa shape index (κ3) is 6.64. The summed E-state index contributed by atoms with van der Waals surface area (Å²) in [6, 6.07) is 6.60. The minimum absolute atomic E-state index is 0.139. The zero-order valence-corrected chi connectivity index (χ0v) is 15.2. The Kier molecular flexibility index (Phi) is 6.28. The van der Waals surface area contributed by atoms with Gasteiger partial charge in [0.15, 0.2) is 0 Å². The number of carbonyl (C=O) groups is 2. The van der Waals surface area contributed by atoms with Crippen molar-refractivity contribution < 1.29 is 24.2 Å². The van der Waals surface area contributed by atoms with Crippen LogP contribution >= 0.6 is 0 Å². The molecule has 0 aromatic heterocycles. The maximum atomic E-state index is 12.0. The number of phenols is 1. The van der Waals surface area contributed by atoms with Crippen LogP contribution in [0.4, 0.5) is 4.79 Å². The zero-order valence-electron chi connectivity index (χ0n) is 15.2. The average molecular weight is 349 g/mol. The van der Waals surface area contributed by atoms with Crippen molar-refractivity contribution in [2.45, 2.75) is 45.6 Å². The molecular weight excluding hydrogens is 322 g/mol. The van der Waals surface area contributed by atoms with E-state index in [4.69, 9.17) is 9.47 Å². The molecular formula is C19H27NO5. The lowest BCUT2D eigenvalue weighted by Crippen LogP contribution is -2.42. The molecule has 1 N–H and O–H groups in total. The maximum absolute atomic E-state index is 12.0. The first-order chi connectivity index (χ1) is 11.7. The number of rotatable bonds is 4. The molecule has 6 heteroatoms. The van der Waals surface area contributed by atoms with Crippen LogP contribution in [0.1, 0.15) is 39.2 Å². The molecule has 1 aliphatic rings. The van der Waals surface area contributed by atoms with Gasteiger partial charge in [0.05, 0.1) is 13.0 Å². The van der Waals surface area contributed by atoms with Crippen LogP contribution in [-0.4, -0.2) is 47.4 Å². The number of piperidine rings is 1. The van der Waals surface area contributed by atoms with E-state index in [2.05, 4.69) is 0 Å². The molecule has 0 unspecified atom stereocenters. The standard InChI is InChI=1S/C19H27NO5/c1-19(2,3)25-18(23)20-9-7-14(8-10-20)13-24-17(22)12-15-5-4-6-16(21)11-15/h4-6,11,14,21H,7-10,12-13H2,1-3H3. The van der Waals surface area contributed by atoms with Crippen molar-refractivity contribution in [3.05, 3.63) is 29.8 Å². The lowest BCUT2D eigenvalue weighted by Gasteiger charge is -2.33. The van der Waals surface area contributed by atoms with Gasteiger partial charge < -0.3 is 19.5 Å². The normalized spacial score (nSPS) is 15.7. The number of amides is 1. The molecule has 6 nitrogen and oxygen atoms in total. The first kappa shape index (κ1) is 19.1. The summed E-state index contributed by atoms with van der Waals surface area (Å²) in [5, 5.41) is 9.41. The van der Waals surface area contributed by atoms with Crippen molar-refractivity contribution in [3.8, 4) is 5.75 Å². The van der Waals surface area contributed by atoms with Crippen LogP contribution < -0.4 is 0 Å². The number of nitrogens with zero attached hydrogens (tertiary/aromatic N) is 1. The molecule has 1 aromatic carbocycles. The largest absolute Gasteiger partial charge is 0.508 e. The number of ether oxygens (including phenoxy) is 2. The number of phenolic OH excluding ortho intramolecular Hbond substituents is 1. The molecule has 1 aromatic rings. The predicted octanol–water partition coefficient (Wildman–Crippen LogP) is 3.13. The Morgan fingerprint density at radius 1 is 1.24 bits per heavy atom. The van der Waals surface area contributed by atoms with Gasteiger partial charge >= 0.3 is 12.1 Å². The van der Waals surface area contributed by atoms with Crippen LogP contribution in [0.5, 0.6) is 5.75 Å². The minimum Gasteiger partial charge on any atom is -0.508 e.